The highest BCUT2D eigenvalue weighted by Crippen LogP contribution is 2.31. The van der Waals surface area contributed by atoms with Crippen LogP contribution in [0.5, 0.6) is 5.88 Å². The van der Waals surface area contributed by atoms with Crippen molar-refractivity contribution in [3.8, 4) is 28.9 Å². The van der Waals surface area contributed by atoms with Crippen LogP contribution in [0, 0.1) is 18.3 Å². The zero-order chi connectivity index (χ0) is 22.0. The standard InChI is InChI=1S/C23H23N5O3/c1-14-10-21(25-12-19(14)22(30)27-17-6-8-18(29)9-7-17)28-23(31)20(13-26-28)16-4-2-15(11-24)3-5-16/h2-5,10,12-13,17-18,29,31H,6-9H2,1H3,(H,27,30)/t17-,18+. The summed E-state index contributed by atoms with van der Waals surface area (Å²) in [5.41, 5.74) is 2.96. The Kier molecular flexibility index (Phi) is 5.69. The van der Waals surface area contributed by atoms with Crippen LogP contribution in [0.25, 0.3) is 16.9 Å². The third-order valence-corrected chi connectivity index (χ3v) is 5.66. The van der Waals surface area contributed by atoms with E-state index in [1.807, 2.05) is 6.92 Å². The van der Waals surface area contributed by atoms with E-state index in [-0.39, 0.29) is 23.9 Å². The van der Waals surface area contributed by atoms with Crippen molar-refractivity contribution < 1.29 is 15.0 Å². The number of nitrogens with zero attached hydrogens (tertiary/aromatic N) is 4. The first-order chi connectivity index (χ1) is 15.0. The fourth-order valence-electron chi connectivity index (χ4n) is 3.82. The van der Waals surface area contributed by atoms with Crippen molar-refractivity contribution in [1.29, 1.82) is 5.26 Å². The first-order valence-corrected chi connectivity index (χ1v) is 10.2. The van der Waals surface area contributed by atoms with Crippen LogP contribution in [-0.2, 0) is 0 Å². The minimum Gasteiger partial charge on any atom is -0.493 e. The summed E-state index contributed by atoms with van der Waals surface area (Å²) in [7, 11) is 0. The van der Waals surface area contributed by atoms with Gasteiger partial charge in [-0.15, -0.1) is 0 Å². The van der Waals surface area contributed by atoms with E-state index in [0.29, 0.717) is 40.9 Å². The van der Waals surface area contributed by atoms with Crippen LogP contribution in [0.2, 0.25) is 0 Å². The molecule has 1 saturated carbocycles. The Morgan fingerprint density at radius 2 is 1.90 bits per heavy atom. The molecule has 8 heteroatoms. The lowest BCUT2D eigenvalue weighted by Crippen LogP contribution is -2.38. The van der Waals surface area contributed by atoms with Crippen molar-refractivity contribution in [3.63, 3.8) is 0 Å². The van der Waals surface area contributed by atoms with Crippen molar-refractivity contribution in [3.05, 3.63) is 59.4 Å². The lowest BCUT2D eigenvalue weighted by atomic mass is 9.93. The predicted molar refractivity (Wildman–Crippen MR) is 114 cm³/mol. The molecule has 1 fully saturated rings. The molecule has 0 atom stereocenters. The summed E-state index contributed by atoms with van der Waals surface area (Å²) in [5.74, 6) is 0.128. The molecule has 2 heterocycles. The molecule has 4 rings (SSSR count). The minimum atomic E-state index is -0.272. The predicted octanol–water partition coefficient (Wildman–Crippen LogP) is 2.85. The number of aromatic nitrogens is 3. The monoisotopic (exact) mass is 417 g/mol. The topological polar surface area (TPSA) is 124 Å². The van der Waals surface area contributed by atoms with Crippen LogP contribution in [0.3, 0.4) is 0 Å². The average molecular weight is 417 g/mol. The van der Waals surface area contributed by atoms with E-state index in [9.17, 15) is 15.0 Å². The summed E-state index contributed by atoms with van der Waals surface area (Å²) in [6.07, 6.45) is 5.66. The van der Waals surface area contributed by atoms with Gasteiger partial charge in [-0.05, 0) is 61.9 Å². The number of benzene rings is 1. The molecule has 1 amide bonds. The van der Waals surface area contributed by atoms with Crippen LogP contribution in [0.15, 0.2) is 42.7 Å². The molecule has 3 aromatic rings. The van der Waals surface area contributed by atoms with E-state index in [2.05, 4.69) is 21.5 Å². The van der Waals surface area contributed by atoms with Crippen molar-refractivity contribution >= 4 is 5.91 Å². The number of carbonyl (C=O) groups is 1. The number of amides is 1. The Labute approximate surface area is 179 Å². The van der Waals surface area contributed by atoms with E-state index < -0.39 is 0 Å². The number of nitrogens with one attached hydrogen (secondary N) is 1. The second-order valence-corrected chi connectivity index (χ2v) is 7.82. The summed E-state index contributed by atoms with van der Waals surface area (Å²) >= 11 is 0. The van der Waals surface area contributed by atoms with E-state index in [1.165, 1.54) is 17.1 Å². The maximum Gasteiger partial charge on any atom is 0.253 e. The van der Waals surface area contributed by atoms with E-state index in [4.69, 9.17) is 5.26 Å². The lowest BCUT2D eigenvalue weighted by Gasteiger charge is -2.26. The van der Waals surface area contributed by atoms with Crippen molar-refractivity contribution in [2.45, 2.75) is 44.8 Å². The highest BCUT2D eigenvalue weighted by atomic mass is 16.3. The Balaban J connectivity index is 1.53. The Hall–Kier alpha value is -3.70. The number of hydrogen-bond acceptors (Lipinski definition) is 6. The minimum absolute atomic E-state index is 0.0557. The summed E-state index contributed by atoms with van der Waals surface area (Å²) in [4.78, 5) is 17.0. The summed E-state index contributed by atoms with van der Waals surface area (Å²) in [5, 5.41) is 36.5. The quantitative estimate of drug-likeness (QED) is 0.600. The molecule has 0 spiro atoms. The first kappa shape index (κ1) is 20.6. The van der Waals surface area contributed by atoms with E-state index >= 15 is 0 Å². The summed E-state index contributed by atoms with van der Waals surface area (Å²) < 4.78 is 1.31. The SMILES string of the molecule is Cc1cc(-n2ncc(-c3ccc(C#N)cc3)c2O)ncc1C(=O)N[C@H]1CC[C@@H](O)CC1. The van der Waals surface area contributed by atoms with Crippen LogP contribution in [-0.4, -0.2) is 43.0 Å². The molecule has 8 nitrogen and oxygen atoms in total. The number of hydrogen-bond donors (Lipinski definition) is 3. The van der Waals surface area contributed by atoms with Gasteiger partial charge >= 0.3 is 0 Å². The fourth-order valence-corrected chi connectivity index (χ4v) is 3.82. The Morgan fingerprint density at radius 1 is 1.19 bits per heavy atom. The van der Waals surface area contributed by atoms with Gasteiger partial charge in [0, 0.05) is 12.2 Å². The summed E-state index contributed by atoms with van der Waals surface area (Å²) in [6, 6.07) is 10.7. The molecule has 3 N–H and O–H groups in total. The lowest BCUT2D eigenvalue weighted by molar-refractivity contribution is 0.0866. The highest BCUT2D eigenvalue weighted by Gasteiger charge is 2.22. The molecule has 1 aliphatic rings. The number of aryl methyl sites for hydroxylation is 1. The zero-order valence-electron chi connectivity index (χ0n) is 17.1. The maximum absolute atomic E-state index is 12.7. The largest absolute Gasteiger partial charge is 0.493 e. The third kappa shape index (κ3) is 4.27. The van der Waals surface area contributed by atoms with Crippen LogP contribution in [0.4, 0.5) is 0 Å². The molecule has 0 saturated heterocycles. The van der Waals surface area contributed by atoms with Gasteiger partial charge in [0.2, 0.25) is 5.88 Å². The second-order valence-electron chi connectivity index (χ2n) is 7.82. The van der Waals surface area contributed by atoms with Gasteiger partial charge in [-0.25, -0.2) is 4.98 Å². The smallest absolute Gasteiger partial charge is 0.253 e. The van der Waals surface area contributed by atoms with Gasteiger partial charge in [-0.3, -0.25) is 4.79 Å². The molecule has 1 aliphatic carbocycles. The molecule has 0 radical (unpaired) electrons. The molecule has 158 valence electrons. The molecule has 2 aromatic heterocycles. The van der Waals surface area contributed by atoms with Crippen LogP contribution < -0.4 is 5.32 Å². The van der Waals surface area contributed by atoms with Gasteiger partial charge in [0.15, 0.2) is 5.82 Å². The van der Waals surface area contributed by atoms with Crippen molar-refractivity contribution in [1.82, 2.24) is 20.1 Å². The highest BCUT2D eigenvalue weighted by molar-refractivity contribution is 5.95. The van der Waals surface area contributed by atoms with Crippen molar-refractivity contribution in [2.24, 2.45) is 0 Å². The molecule has 0 bridgehead atoms. The van der Waals surface area contributed by atoms with Gasteiger partial charge < -0.3 is 15.5 Å². The van der Waals surface area contributed by atoms with Gasteiger partial charge in [0.05, 0.1) is 35.1 Å². The Morgan fingerprint density at radius 3 is 2.55 bits per heavy atom. The Bertz CT molecular complexity index is 1140. The molecule has 1 aromatic carbocycles. The van der Waals surface area contributed by atoms with E-state index in [1.54, 1.807) is 30.3 Å². The molecule has 31 heavy (non-hydrogen) atoms. The maximum atomic E-state index is 12.7. The van der Waals surface area contributed by atoms with Crippen LogP contribution in [0.1, 0.15) is 47.2 Å². The number of rotatable bonds is 4. The fraction of sp³-hybridized carbons (Fsp3) is 0.304. The average Bonchev–Trinajstić information content (AvgIpc) is 3.16. The molecule has 0 aliphatic heterocycles. The number of aliphatic hydroxyl groups is 1. The van der Waals surface area contributed by atoms with Gasteiger partial charge in [0.1, 0.15) is 0 Å². The zero-order valence-corrected chi connectivity index (χ0v) is 17.1. The number of aromatic hydroxyl groups is 1. The molecular weight excluding hydrogens is 394 g/mol. The normalized spacial score (nSPS) is 18.4. The third-order valence-electron chi connectivity index (χ3n) is 5.66. The van der Waals surface area contributed by atoms with Gasteiger partial charge in [-0.2, -0.15) is 15.0 Å². The first-order valence-electron chi connectivity index (χ1n) is 10.2. The van der Waals surface area contributed by atoms with E-state index in [0.717, 1.165) is 18.4 Å². The van der Waals surface area contributed by atoms with Crippen molar-refractivity contribution in [2.75, 3.05) is 0 Å². The number of pyridine rings is 1. The summed E-state index contributed by atoms with van der Waals surface area (Å²) in [6.45, 7) is 1.81. The van der Waals surface area contributed by atoms with Crippen LogP contribution >= 0.6 is 0 Å². The number of aliphatic hydroxyl groups excluding tert-OH is 1. The van der Waals surface area contributed by atoms with Gasteiger partial charge in [-0.1, -0.05) is 12.1 Å². The number of nitriles is 1. The molecular formula is C23H23N5O3. The second kappa shape index (κ2) is 8.58. The molecule has 0 unspecified atom stereocenters. The van der Waals surface area contributed by atoms with Gasteiger partial charge in [0.25, 0.3) is 5.91 Å². The number of carbonyl (C=O) groups excluding carboxylic acids is 1.